The van der Waals surface area contributed by atoms with E-state index in [-0.39, 0.29) is 25.3 Å². The number of benzene rings is 1. The molecule has 0 bridgehead atoms. The molecule has 4 rings (SSSR count). The highest BCUT2D eigenvalue weighted by atomic mass is 19.1. The summed E-state index contributed by atoms with van der Waals surface area (Å²) in [6, 6.07) is 2.71. The van der Waals surface area contributed by atoms with Gasteiger partial charge in [0.05, 0.1) is 36.3 Å². The number of aromatic nitrogens is 4. The van der Waals surface area contributed by atoms with Crippen LogP contribution in [0.1, 0.15) is 12.6 Å². The second-order valence-corrected chi connectivity index (χ2v) is 6.98. The van der Waals surface area contributed by atoms with E-state index in [1.54, 1.807) is 24.1 Å². The predicted molar refractivity (Wildman–Crippen MR) is 115 cm³/mol. The third-order valence-electron chi connectivity index (χ3n) is 4.88. The number of morpholine rings is 1. The van der Waals surface area contributed by atoms with Crippen LogP contribution in [0.5, 0.6) is 0 Å². The lowest BCUT2D eigenvalue weighted by Gasteiger charge is -2.29. The summed E-state index contributed by atoms with van der Waals surface area (Å²) in [6.07, 6.45) is 5.90. The third kappa shape index (κ3) is 4.61. The second-order valence-electron chi connectivity index (χ2n) is 6.98. The van der Waals surface area contributed by atoms with Gasteiger partial charge in [-0.1, -0.05) is 0 Å². The molecule has 0 unspecified atom stereocenters. The molecule has 0 radical (unpaired) electrons. The molecule has 0 saturated carbocycles. The minimum Gasteiger partial charge on any atom is -0.378 e. The van der Waals surface area contributed by atoms with Gasteiger partial charge in [-0.3, -0.25) is 4.68 Å². The minimum atomic E-state index is -0.652. The topological polar surface area (TPSA) is 104 Å². The molecule has 3 aromatic rings. The first-order chi connectivity index (χ1) is 15.0. The quantitative estimate of drug-likeness (QED) is 0.495. The van der Waals surface area contributed by atoms with Gasteiger partial charge in [0.15, 0.2) is 5.82 Å². The van der Waals surface area contributed by atoms with Crippen molar-refractivity contribution >= 4 is 29.4 Å². The predicted octanol–water partition coefficient (Wildman–Crippen LogP) is 2.92. The number of aryl methyl sites for hydroxylation is 1. The molecule has 1 aliphatic rings. The molecule has 11 heteroatoms. The SMILES string of the molecule is Cn1cc(Nc2ncc(C=N)c(NCc3c(F)ccc(N4CCOCC4)c3F)n2)cn1.[HH]. The first-order valence-corrected chi connectivity index (χ1v) is 9.72. The number of halogens is 2. The zero-order valence-corrected chi connectivity index (χ0v) is 16.9. The summed E-state index contributed by atoms with van der Waals surface area (Å²) < 4.78 is 36.5. The summed E-state index contributed by atoms with van der Waals surface area (Å²) in [7, 11) is 1.78. The third-order valence-corrected chi connectivity index (χ3v) is 4.88. The maximum absolute atomic E-state index is 15.1. The molecule has 164 valence electrons. The van der Waals surface area contributed by atoms with Crippen LogP contribution in [0.2, 0.25) is 0 Å². The number of ether oxygens (including phenoxy) is 1. The number of nitrogens with one attached hydrogen (secondary N) is 3. The molecule has 3 N–H and O–H groups in total. The van der Waals surface area contributed by atoms with Gasteiger partial charge >= 0.3 is 0 Å². The van der Waals surface area contributed by atoms with Crippen LogP contribution in [0, 0.1) is 17.0 Å². The van der Waals surface area contributed by atoms with E-state index < -0.39 is 11.6 Å². The number of rotatable bonds is 7. The Morgan fingerprint density at radius 2 is 2.06 bits per heavy atom. The van der Waals surface area contributed by atoms with Gasteiger partial charge in [-0.2, -0.15) is 10.1 Å². The van der Waals surface area contributed by atoms with Crippen LogP contribution in [0.3, 0.4) is 0 Å². The van der Waals surface area contributed by atoms with Crippen LogP contribution in [-0.4, -0.2) is 52.3 Å². The van der Waals surface area contributed by atoms with Crippen LogP contribution >= 0.6 is 0 Å². The van der Waals surface area contributed by atoms with E-state index in [2.05, 4.69) is 25.7 Å². The van der Waals surface area contributed by atoms with Crippen molar-refractivity contribution < 1.29 is 14.9 Å². The molecular weight excluding hydrogens is 406 g/mol. The molecule has 31 heavy (non-hydrogen) atoms. The Balaban J connectivity index is 0.00000289. The lowest BCUT2D eigenvalue weighted by atomic mass is 10.1. The molecule has 0 atom stereocenters. The maximum Gasteiger partial charge on any atom is 0.229 e. The van der Waals surface area contributed by atoms with Gasteiger partial charge < -0.3 is 25.7 Å². The van der Waals surface area contributed by atoms with Gasteiger partial charge in [0.25, 0.3) is 0 Å². The first-order valence-electron chi connectivity index (χ1n) is 9.72. The zero-order valence-electron chi connectivity index (χ0n) is 16.9. The average Bonchev–Trinajstić information content (AvgIpc) is 3.19. The van der Waals surface area contributed by atoms with Crippen molar-refractivity contribution in [3.63, 3.8) is 0 Å². The van der Waals surface area contributed by atoms with Crippen LogP contribution in [0.4, 0.5) is 31.9 Å². The lowest BCUT2D eigenvalue weighted by molar-refractivity contribution is 0.122. The highest BCUT2D eigenvalue weighted by molar-refractivity contribution is 5.84. The first kappa shape index (κ1) is 20.7. The monoisotopic (exact) mass is 430 g/mol. The Morgan fingerprint density at radius 3 is 2.77 bits per heavy atom. The summed E-state index contributed by atoms with van der Waals surface area (Å²) in [5.41, 5.74) is 1.32. The van der Waals surface area contributed by atoms with E-state index in [4.69, 9.17) is 10.1 Å². The van der Waals surface area contributed by atoms with Gasteiger partial charge in [0, 0.05) is 52.3 Å². The van der Waals surface area contributed by atoms with Crippen LogP contribution in [-0.2, 0) is 18.3 Å². The highest BCUT2D eigenvalue weighted by Crippen LogP contribution is 2.26. The van der Waals surface area contributed by atoms with Crippen LogP contribution < -0.4 is 15.5 Å². The minimum absolute atomic E-state index is 0. The maximum atomic E-state index is 15.1. The molecular formula is C20H24F2N8O. The van der Waals surface area contributed by atoms with Crippen molar-refractivity contribution in [2.45, 2.75) is 6.54 Å². The molecule has 0 amide bonds. The number of hydrogen-bond donors (Lipinski definition) is 3. The molecule has 3 heterocycles. The number of nitrogens with zero attached hydrogens (tertiary/aromatic N) is 5. The van der Waals surface area contributed by atoms with Crippen molar-refractivity contribution in [3.8, 4) is 0 Å². The smallest absolute Gasteiger partial charge is 0.229 e. The molecule has 1 aliphatic heterocycles. The van der Waals surface area contributed by atoms with Crippen molar-refractivity contribution in [2.24, 2.45) is 7.05 Å². The van der Waals surface area contributed by atoms with E-state index in [1.165, 1.54) is 18.3 Å². The molecule has 1 fully saturated rings. The largest absolute Gasteiger partial charge is 0.378 e. The fourth-order valence-corrected chi connectivity index (χ4v) is 3.28. The second kappa shape index (κ2) is 9.04. The Morgan fingerprint density at radius 1 is 1.26 bits per heavy atom. The molecule has 2 aromatic heterocycles. The summed E-state index contributed by atoms with van der Waals surface area (Å²) in [5.74, 6) is -0.717. The lowest BCUT2D eigenvalue weighted by Crippen LogP contribution is -2.37. The summed E-state index contributed by atoms with van der Waals surface area (Å²) in [5, 5.41) is 17.6. The summed E-state index contributed by atoms with van der Waals surface area (Å²) in [6.45, 7) is 1.95. The normalized spacial score (nSPS) is 13.8. The van der Waals surface area contributed by atoms with Crippen molar-refractivity contribution in [2.75, 3.05) is 41.8 Å². The molecule has 1 saturated heterocycles. The van der Waals surface area contributed by atoms with Gasteiger partial charge in [-0.15, -0.1) is 0 Å². The summed E-state index contributed by atoms with van der Waals surface area (Å²) >= 11 is 0. The Kier molecular flexibility index (Phi) is 6.03. The fourth-order valence-electron chi connectivity index (χ4n) is 3.28. The molecule has 0 aliphatic carbocycles. The molecule has 1 aromatic carbocycles. The van der Waals surface area contributed by atoms with Gasteiger partial charge in [0.1, 0.15) is 11.6 Å². The van der Waals surface area contributed by atoms with E-state index in [0.29, 0.717) is 43.2 Å². The van der Waals surface area contributed by atoms with Crippen LogP contribution in [0.15, 0.2) is 30.7 Å². The highest BCUT2D eigenvalue weighted by Gasteiger charge is 2.20. The Bertz CT molecular complexity index is 1090. The van der Waals surface area contributed by atoms with Crippen molar-refractivity contribution in [1.29, 1.82) is 5.41 Å². The van der Waals surface area contributed by atoms with E-state index in [0.717, 1.165) is 6.21 Å². The van der Waals surface area contributed by atoms with Crippen molar-refractivity contribution in [3.05, 3.63) is 53.5 Å². The molecule has 9 nitrogen and oxygen atoms in total. The van der Waals surface area contributed by atoms with Gasteiger partial charge in [0.2, 0.25) is 5.95 Å². The van der Waals surface area contributed by atoms with E-state index in [9.17, 15) is 4.39 Å². The Hall–Kier alpha value is -3.60. The van der Waals surface area contributed by atoms with Crippen molar-refractivity contribution in [1.82, 2.24) is 19.7 Å². The number of anilines is 4. The van der Waals surface area contributed by atoms with Gasteiger partial charge in [-0.25, -0.2) is 13.8 Å². The Labute approximate surface area is 179 Å². The van der Waals surface area contributed by atoms with Crippen LogP contribution in [0.25, 0.3) is 0 Å². The summed E-state index contributed by atoms with van der Waals surface area (Å²) in [4.78, 5) is 10.3. The standard InChI is InChI=1S/C20H22F2N8O.H2/c1-29-12-14(10-26-29)27-20-25-9-13(8-23)19(28-20)24-11-15-16(21)2-3-17(18(15)22)30-4-6-31-7-5-30;/h2-3,8-10,12,23H,4-7,11H2,1H3,(H2,24,25,27,28);1H. The zero-order chi connectivity index (χ0) is 21.8. The van der Waals surface area contributed by atoms with E-state index in [1.807, 2.05) is 4.90 Å². The average molecular weight is 430 g/mol. The molecule has 0 spiro atoms. The number of hydrogen-bond acceptors (Lipinski definition) is 8. The fraction of sp³-hybridized carbons (Fsp3) is 0.300. The van der Waals surface area contributed by atoms with E-state index >= 15 is 4.39 Å². The van der Waals surface area contributed by atoms with Gasteiger partial charge in [-0.05, 0) is 12.1 Å².